The Labute approximate surface area is 139 Å². The molecule has 0 saturated heterocycles. The summed E-state index contributed by atoms with van der Waals surface area (Å²) in [6.07, 6.45) is 5.68. The molecule has 1 aliphatic rings. The maximum Gasteiger partial charge on any atom is 0.251 e. The Morgan fingerprint density at radius 1 is 0.958 bits per heavy atom. The van der Waals surface area contributed by atoms with Gasteiger partial charge in [-0.3, -0.25) is 4.79 Å². The van der Waals surface area contributed by atoms with Gasteiger partial charge in [0, 0.05) is 23.6 Å². The van der Waals surface area contributed by atoms with Crippen molar-refractivity contribution < 1.29 is 9.18 Å². The maximum absolute atomic E-state index is 13.1. The number of nitrogens with one attached hydrogen (secondary N) is 1. The zero-order chi connectivity index (χ0) is 16.6. The van der Waals surface area contributed by atoms with Crippen LogP contribution in [0, 0.1) is 5.82 Å². The van der Waals surface area contributed by atoms with E-state index in [1.165, 1.54) is 12.1 Å². The molecule has 0 unspecified atom stereocenters. The van der Waals surface area contributed by atoms with Crippen molar-refractivity contribution in [1.29, 1.82) is 0 Å². The fraction of sp³-hybridized carbons (Fsp3) is 0.150. The average Bonchev–Trinajstić information content (AvgIpc) is 3.18. The number of hydrogen-bond donors (Lipinski definition) is 1. The summed E-state index contributed by atoms with van der Waals surface area (Å²) in [7, 11) is 0. The van der Waals surface area contributed by atoms with Gasteiger partial charge in [0.2, 0.25) is 0 Å². The standard InChI is InChI=1S/C20H17FN2O/c21-17-7-5-16(6-8-17)20(11-12-20)22-19(24)15-3-9-18(10-4-15)23-13-1-2-14-23/h1-10,13-14H,11-12H2,(H,22,24). The zero-order valence-electron chi connectivity index (χ0n) is 13.1. The zero-order valence-corrected chi connectivity index (χ0v) is 13.1. The highest BCUT2D eigenvalue weighted by Crippen LogP contribution is 2.45. The van der Waals surface area contributed by atoms with Crippen molar-refractivity contribution in [1.82, 2.24) is 9.88 Å². The summed E-state index contributed by atoms with van der Waals surface area (Å²) in [5.41, 5.74) is 2.25. The lowest BCUT2D eigenvalue weighted by Crippen LogP contribution is -2.34. The number of carbonyl (C=O) groups is 1. The predicted octanol–water partition coefficient (Wildman–Crippen LogP) is 4.04. The van der Waals surface area contributed by atoms with E-state index in [2.05, 4.69) is 5.32 Å². The molecule has 24 heavy (non-hydrogen) atoms. The first-order valence-corrected chi connectivity index (χ1v) is 7.98. The van der Waals surface area contributed by atoms with Crippen LogP contribution in [-0.4, -0.2) is 10.5 Å². The van der Waals surface area contributed by atoms with Crippen molar-refractivity contribution in [3.63, 3.8) is 0 Å². The molecule has 0 radical (unpaired) electrons. The Balaban J connectivity index is 1.51. The molecule has 1 fully saturated rings. The van der Waals surface area contributed by atoms with E-state index in [0.717, 1.165) is 24.1 Å². The number of aromatic nitrogens is 1. The van der Waals surface area contributed by atoms with Crippen molar-refractivity contribution >= 4 is 5.91 Å². The molecule has 1 heterocycles. The Hall–Kier alpha value is -2.88. The Bertz CT molecular complexity index is 848. The molecule has 3 aromatic rings. The molecule has 1 N–H and O–H groups in total. The highest BCUT2D eigenvalue weighted by atomic mass is 19.1. The summed E-state index contributed by atoms with van der Waals surface area (Å²) in [6, 6.07) is 17.8. The van der Waals surface area contributed by atoms with E-state index in [1.54, 1.807) is 12.1 Å². The molecule has 4 heteroatoms. The van der Waals surface area contributed by atoms with Crippen LogP contribution in [0.3, 0.4) is 0 Å². The molecule has 0 aliphatic heterocycles. The molecular formula is C20H17FN2O. The van der Waals surface area contributed by atoms with E-state index in [-0.39, 0.29) is 17.3 Å². The Morgan fingerprint density at radius 2 is 1.58 bits per heavy atom. The second-order valence-corrected chi connectivity index (χ2v) is 6.18. The first kappa shape index (κ1) is 14.7. The third-order valence-electron chi connectivity index (χ3n) is 4.53. The topological polar surface area (TPSA) is 34.0 Å². The van der Waals surface area contributed by atoms with Crippen LogP contribution in [0.5, 0.6) is 0 Å². The van der Waals surface area contributed by atoms with Crippen LogP contribution in [0.15, 0.2) is 73.1 Å². The van der Waals surface area contributed by atoms with Gasteiger partial charge in [-0.25, -0.2) is 4.39 Å². The van der Waals surface area contributed by atoms with Gasteiger partial charge >= 0.3 is 0 Å². The van der Waals surface area contributed by atoms with Crippen molar-refractivity contribution in [2.45, 2.75) is 18.4 Å². The average molecular weight is 320 g/mol. The minimum Gasteiger partial charge on any atom is -0.343 e. The number of benzene rings is 2. The van der Waals surface area contributed by atoms with Gasteiger partial charge < -0.3 is 9.88 Å². The molecule has 1 saturated carbocycles. The van der Waals surface area contributed by atoms with Crippen molar-refractivity contribution in [3.8, 4) is 5.69 Å². The van der Waals surface area contributed by atoms with Crippen LogP contribution in [0.25, 0.3) is 5.69 Å². The number of rotatable bonds is 4. The van der Waals surface area contributed by atoms with Crippen molar-refractivity contribution in [2.75, 3.05) is 0 Å². The second-order valence-electron chi connectivity index (χ2n) is 6.18. The lowest BCUT2D eigenvalue weighted by atomic mass is 10.0. The Kier molecular flexibility index (Phi) is 3.45. The van der Waals surface area contributed by atoms with Gasteiger partial charge in [-0.1, -0.05) is 12.1 Å². The summed E-state index contributed by atoms with van der Waals surface area (Å²) >= 11 is 0. The molecule has 4 rings (SSSR count). The number of hydrogen-bond acceptors (Lipinski definition) is 1. The molecule has 0 bridgehead atoms. The van der Waals surface area contributed by atoms with Crippen LogP contribution in [0.1, 0.15) is 28.8 Å². The van der Waals surface area contributed by atoms with Crippen molar-refractivity contribution in [2.24, 2.45) is 0 Å². The lowest BCUT2D eigenvalue weighted by Gasteiger charge is -2.18. The molecule has 2 aromatic carbocycles. The van der Waals surface area contributed by atoms with Crippen LogP contribution in [0.2, 0.25) is 0 Å². The lowest BCUT2D eigenvalue weighted by molar-refractivity contribution is 0.0931. The smallest absolute Gasteiger partial charge is 0.251 e. The monoisotopic (exact) mass is 320 g/mol. The van der Waals surface area contributed by atoms with Gasteiger partial charge in [0.15, 0.2) is 0 Å². The van der Waals surface area contributed by atoms with Gasteiger partial charge in [-0.2, -0.15) is 0 Å². The minimum absolute atomic E-state index is 0.101. The second kappa shape index (κ2) is 5.64. The van der Waals surface area contributed by atoms with Gasteiger partial charge in [0.25, 0.3) is 5.91 Å². The Morgan fingerprint density at radius 3 is 2.17 bits per heavy atom. The van der Waals surface area contributed by atoms with Crippen LogP contribution in [-0.2, 0) is 5.54 Å². The molecule has 1 aliphatic carbocycles. The van der Waals surface area contributed by atoms with Crippen LogP contribution in [0.4, 0.5) is 4.39 Å². The summed E-state index contributed by atoms with van der Waals surface area (Å²) in [6.45, 7) is 0. The first-order chi connectivity index (χ1) is 11.7. The minimum atomic E-state index is -0.343. The SMILES string of the molecule is O=C(NC1(c2ccc(F)cc2)CC1)c1ccc(-n2cccc2)cc1. The fourth-order valence-corrected chi connectivity index (χ4v) is 2.96. The molecule has 1 aromatic heterocycles. The summed E-state index contributed by atoms with van der Waals surface area (Å²) in [5, 5.41) is 3.11. The van der Waals surface area contributed by atoms with Gasteiger partial charge in [0.1, 0.15) is 5.82 Å². The summed E-state index contributed by atoms with van der Waals surface area (Å²) in [4.78, 5) is 12.5. The van der Waals surface area contributed by atoms with Crippen LogP contribution < -0.4 is 5.32 Å². The van der Waals surface area contributed by atoms with E-state index in [1.807, 2.05) is 53.4 Å². The van der Waals surface area contributed by atoms with E-state index in [0.29, 0.717) is 5.56 Å². The summed E-state index contributed by atoms with van der Waals surface area (Å²) in [5.74, 6) is -0.364. The van der Waals surface area contributed by atoms with Gasteiger partial charge in [-0.15, -0.1) is 0 Å². The van der Waals surface area contributed by atoms with Gasteiger partial charge in [0.05, 0.1) is 5.54 Å². The molecule has 1 amide bonds. The molecular weight excluding hydrogens is 303 g/mol. The van der Waals surface area contributed by atoms with Gasteiger partial charge in [-0.05, 0) is 66.9 Å². The molecule has 0 spiro atoms. The number of amides is 1. The van der Waals surface area contributed by atoms with Crippen molar-refractivity contribution in [3.05, 3.63) is 90.0 Å². The molecule has 0 atom stereocenters. The fourth-order valence-electron chi connectivity index (χ4n) is 2.96. The predicted molar refractivity (Wildman–Crippen MR) is 90.5 cm³/mol. The third kappa shape index (κ3) is 2.71. The van der Waals surface area contributed by atoms with E-state index in [9.17, 15) is 9.18 Å². The molecule has 120 valence electrons. The highest BCUT2D eigenvalue weighted by Gasteiger charge is 2.45. The number of halogens is 1. The quantitative estimate of drug-likeness (QED) is 0.773. The van der Waals surface area contributed by atoms with Crippen LogP contribution >= 0.6 is 0 Å². The number of carbonyl (C=O) groups excluding carboxylic acids is 1. The van der Waals surface area contributed by atoms with E-state index < -0.39 is 0 Å². The summed E-state index contributed by atoms with van der Waals surface area (Å²) < 4.78 is 15.1. The largest absolute Gasteiger partial charge is 0.343 e. The van der Waals surface area contributed by atoms with E-state index >= 15 is 0 Å². The highest BCUT2D eigenvalue weighted by molar-refractivity contribution is 5.95. The maximum atomic E-state index is 13.1. The normalized spacial score (nSPS) is 15.0. The molecule has 3 nitrogen and oxygen atoms in total. The third-order valence-corrected chi connectivity index (χ3v) is 4.53. The van der Waals surface area contributed by atoms with E-state index in [4.69, 9.17) is 0 Å². The number of nitrogens with zero attached hydrogens (tertiary/aromatic N) is 1. The first-order valence-electron chi connectivity index (χ1n) is 7.98.